The molecule has 0 aliphatic carbocycles. The van der Waals surface area contributed by atoms with Gasteiger partial charge in [-0.3, -0.25) is 10.2 Å². The van der Waals surface area contributed by atoms with E-state index >= 15 is 0 Å². The second kappa shape index (κ2) is 15.2. The molecule has 0 aliphatic heterocycles. The molecule has 0 atom stereocenters. The van der Waals surface area contributed by atoms with Crippen LogP contribution in [-0.2, 0) is 6.54 Å². The number of rotatable bonds is 13. The van der Waals surface area contributed by atoms with E-state index in [1.807, 2.05) is 42.5 Å². The molecule has 0 saturated heterocycles. The van der Waals surface area contributed by atoms with Gasteiger partial charge in [-0.15, -0.1) is 0 Å². The summed E-state index contributed by atoms with van der Waals surface area (Å²) < 4.78 is 5.99. The number of benzene rings is 7. The SMILES string of the molecule is CCCCCCCOc1ccc(-c2ccc3ccc4ccc(-c5cccc(C(=O)NNCc6ccc7ccc8cccc9ccc6c7c89)c5)nc4c3n2)cc1. The Labute approximate surface area is 320 Å². The van der Waals surface area contributed by atoms with Crippen LogP contribution in [0, 0.1) is 0 Å². The molecular formula is C49H42N4O2. The Kier molecular flexibility index (Phi) is 9.49. The molecule has 2 aromatic heterocycles. The zero-order valence-electron chi connectivity index (χ0n) is 30.9. The standard InChI is InChI=1S/C49H42N4O2/c1-2-3-4-5-6-29-55-41-24-19-32(20-25-41)43-27-22-36-16-17-37-23-28-44(52-48(37)47(36)51-43)38-11-8-12-39(30-38)49(54)53-50-31-40-18-15-35-14-13-33-9-7-10-34-21-26-42(40)46(35)45(33)34/h7-28,30,50H,2-6,29,31H2,1H3,(H,53,54). The number of unbranched alkanes of at least 4 members (excludes halogenated alkanes) is 4. The third kappa shape index (κ3) is 6.93. The number of pyridine rings is 2. The topological polar surface area (TPSA) is 76.1 Å². The van der Waals surface area contributed by atoms with Gasteiger partial charge in [-0.25, -0.2) is 15.4 Å². The average Bonchev–Trinajstić information content (AvgIpc) is 3.24. The highest BCUT2D eigenvalue weighted by Gasteiger charge is 2.14. The molecular weight excluding hydrogens is 677 g/mol. The molecule has 7 aromatic carbocycles. The first-order valence-electron chi connectivity index (χ1n) is 19.4. The summed E-state index contributed by atoms with van der Waals surface area (Å²) in [7, 11) is 0. The maximum atomic E-state index is 13.4. The van der Waals surface area contributed by atoms with Crippen LogP contribution in [0.3, 0.4) is 0 Å². The first-order valence-corrected chi connectivity index (χ1v) is 19.4. The number of nitrogens with one attached hydrogen (secondary N) is 2. The van der Waals surface area contributed by atoms with Crippen molar-refractivity contribution < 1.29 is 9.53 Å². The van der Waals surface area contributed by atoms with Crippen molar-refractivity contribution in [1.82, 2.24) is 20.8 Å². The fraction of sp³-hybridized carbons (Fsp3) is 0.163. The zero-order chi connectivity index (χ0) is 37.1. The molecule has 55 heavy (non-hydrogen) atoms. The third-order valence-corrected chi connectivity index (χ3v) is 10.7. The summed E-state index contributed by atoms with van der Waals surface area (Å²) in [6.07, 6.45) is 6.09. The Morgan fingerprint density at radius 2 is 1.20 bits per heavy atom. The normalized spacial score (nSPS) is 11.7. The molecule has 0 fully saturated rings. The fourth-order valence-corrected chi connectivity index (χ4v) is 7.77. The van der Waals surface area contributed by atoms with E-state index in [0.717, 1.165) is 68.7 Å². The van der Waals surface area contributed by atoms with Crippen molar-refractivity contribution in [3.05, 3.63) is 151 Å². The van der Waals surface area contributed by atoms with Gasteiger partial charge in [-0.2, -0.15) is 0 Å². The van der Waals surface area contributed by atoms with Crippen molar-refractivity contribution in [1.29, 1.82) is 0 Å². The van der Waals surface area contributed by atoms with E-state index in [4.69, 9.17) is 14.7 Å². The predicted octanol–water partition coefficient (Wildman–Crippen LogP) is 11.8. The number of carbonyl (C=O) groups is 1. The van der Waals surface area contributed by atoms with Crippen LogP contribution < -0.4 is 15.6 Å². The minimum absolute atomic E-state index is 0.208. The van der Waals surface area contributed by atoms with Crippen LogP contribution in [-0.4, -0.2) is 22.5 Å². The largest absolute Gasteiger partial charge is 0.494 e. The second-order valence-corrected chi connectivity index (χ2v) is 14.4. The van der Waals surface area contributed by atoms with Crippen LogP contribution in [0.4, 0.5) is 0 Å². The van der Waals surface area contributed by atoms with E-state index in [9.17, 15) is 4.79 Å². The van der Waals surface area contributed by atoms with E-state index in [0.29, 0.717) is 12.1 Å². The molecule has 6 nitrogen and oxygen atoms in total. The van der Waals surface area contributed by atoms with Crippen LogP contribution in [0.2, 0.25) is 0 Å². The highest BCUT2D eigenvalue weighted by molar-refractivity contribution is 6.23. The lowest BCUT2D eigenvalue weighted by Crippen LogP contribution is -2.36. The van der Waals surface area contributed by atoms with Gasteiger partial charge in [0.25, 0.3) is 5.91 Å². The highest BCUT2D eigenvalue weighted by atomic mass is 16.5. The number of amides is 1. The van der Waals surface area contributed by atoms with Crippen LogP contribution in [0.1, 0.15) is 54.9 Å². The number of hydrogen-bond donors (Lipinski definition) is 2. The quantitative estimate of drug-likeness (QED) is 0.0705. The minimum Gasteiger partial charge on any atom is -0.494 e. The Morgan fingerprint density at radius 3 is 1.95 bits per heavy atom. The molecule has 2 heterocycles. The summed E-state index contributed by atoms with van der Waals surface area (Å²) in [5.41, 5.74) is 13.0. The van der Waals surface area contributed by atoms with Crippen LogP contribution in [0.15, 0.2) is 140 Å². The predicted molar refractivity (Wildman–Crippen MR) is 227 cm³/mol. The van der Waals surface area contributed by atoms with Gasteiger partial charge in [0.15, 0.2) is 0 Å². The van der Waals surface area contributed by atoms with E-state index in [2.05, 4.69) is 115 Å². The molecule has 0 saturated carbocycles. The number of carbonyl (C=O) groups excluding carboxylic acids is 1. The van der Waals surface area contributed by atoms with Gasteiger partial charge in [0.2, 0.25) is 0 Å². The number of hydrazine groups is 1. The van der Waals surface area contributed by atoms with E-state index in [1.165, 1.54) is 58.0 Å². The van der Waals surface area contributed by atoms with E-state index in [1.54, 1.807) is 0 Å². The van der Waals surface area contributed by atoms with Crippen molar-refractivity contribution >= 4 is 60.0 Å². The first-order chi connectivity index (χ1) is 27.1. The maximum absolute atomic E-state index is 13.4. The molecule has 9 rings (SSSR count). The molecule has 0 radical (unpaired) electrons. The molecule has 0 spiro atoms. The van der Waals surface area contributed by atoms with Gasteiger partial charge in [-0.1, -0.05) is 124 Å². The number of nitrogens with zero attached hydrogens (tertiary/aromatic N) is 2. The zero-order valence-corrected chi connectivity index (χ0v) is 30.9. The van der Waals surface area contributed by atoms with Crippen molar-refractivity contribution in [3.63, 3.8) is 0 Å². The molecule has 0 bridgehead atoms. The van der Waals surface area contributed by atoms with Crippen LogP contribution >= 0.6 is 0 Å². The lowest BCUT2D eigenvalue weighted by molar-refractivity contribution is 0.0932. The number of hydrogen-bond acceptors (Lipinski definition) is 5. The third-order valence-electron chi connectivity index (χ3n) is 10.7. The molecule has 0 unspecified atom stereocenters. The summed E-state index contributed by atoms with van der Waals surface area (Å²) in [4.78, 5) is 23.7. The lowest BCUT2D eigenvalue weighted by Gasteiger charge is -2.15. The Balaban J connectivity index is 0.915. The number of ether oxygens (including phenoxy) is 1. The van der Waals surface area contributed by atoms with Gasteiger partial charge in [0, 0.05) is 34.0 Å². The molecule has 2 N–H and O–H groups in total. The van der Waals surface area contributed by atoms with Gasteiger partial charge < -0.3 is 4.74 Å². The molecule has 270 valence electrons. The first kappa shape index (κ1) is 34.4. The summed E-state index contributed by atoms with van der Waals surface area (Å²) >= 11 is 0. The number of aromatic nitrogens is 2. The fourth-order valence-electron chi connectivity index (χ4n) is 7.77. The van der Waals surface area contributed by atoms with E-state index in [-0.39, 0.29) is 5.91 Å². The molecule has 9 aromatic rings. The average molecular weight is 719 g/mol. The summed E-state index contributed by atoms with van der Waals surface area (Å²) in [6.45, 7) is 3.47. The minimum atomic E-state index is -0.208. The Hall–Kier alpha value is -6.37. The van der Waals surface area contributed by atoms with Crippen molar-refractivity contribution in [2.24, 2.45) is 0 Å². The molecule has 1 amide bonds. The van der Waals surface area contributed by atoms with Crippen LogP contribution in [0.5, 0.6) is 5.75 Å². The summed E-state index contributed by atoms with van der Waals surface area (Å²) in [5, 5.41) is 9.45. The number of fused-ring (bicyclic) bond motifs is 3. The maximum Gasteiger partial charge on any atom is 0.265 e. The second-order valence-electron chi connectivity index (χ2n) is 14.4. The summed E-state index contributed by atoms with van der Waals surface area (Å²) in [5.74, 6) is 0.674. The summed E-state index contributed by atoms with van der Waals surface area (Å²) in [6, 6.07) is 47.7. The van der Waals surface area contributed by atoms with Crippen molar-refractivity contribution in [3.8, 4) is 28.3 Å². The van der Waals surface area contributed by atoms with Crippen molar-refractivity contribution in [2.75, 3.05) is 6.61 Å². The Bertz CT molecular complexity index is 2800. The highest BCUT2D eigenvalue weighted by Crippen LogP contribution is 2.36. The van der Waals surface area contributed by atoms with Gasteiger partial charge in [-0.05, 0) is 92.8 Å². The Morgan fingerprint density at radius 1 is 0.582 bits per heavy atom. The van der Waals surface area contributed by atoms with E-state index < -0.39 is 0 Å². The molecule has 0 aliphatic rings. The lowest BCUT2D eigenvalue weighted by atomic mass is 9.92. The van der Waals surface area contributed by atoms with Crippen LogP contribution in [0.25, 0.3) is 76.6 Å². The smallest absolute Gasteiger partial charge is 0.265 e. The van der Waals surface area contributed by atoms with Gasteiger partial charge >= 0.3 is 0 Å². The van der Waals surface area contributed by atoms with Gasteiger partial charge in [0.05, 0.1) is 29.0 Å². The monoisotopic (exact) mass is 718 g/mol. The molecule has 6 heteroatoms. The van der Waals surface area contributed by atoms with Gasteiger partial charge in [0.1, 0.15) is 5.75 Å². The van der Waals surface area contributed by atoms with Crippen molar-refractivity contribution in [2.45, 2.75) is 45.6 Å².